The molecule has 2 atom stereocenters. The second-order valence-electron chi connectivity index (χ2n) is 5.77. The van der Waals surface area contributed by atoms with Gasteiger partial charge in [-0.2, -0.15) is 0 Å². The van der Waals surface area contributed by atoms with E-state index in [2.05, 4.69) is 6.58 Å². The summed E-state index contributed by atoms with van der Waals surface area (Å²) in [5, 5.41) is 10.3. The van der Waals surface area contributed by atoms with E-state index in [-0.39, 0.29) is 11.1 Å². The van der Waals surface area contributed by atoms with E-state index in [1.165, 1.54) is 12.8 Å². The highest BCUT2D eigenvalue weighted by atomic mass is 16.3. The fourth-order valence-electron chi connectivity index (χ4n) is 4.37. The summed E-state index contributed by atoms with van der Waals surface area (Å²) in [5.41, 5.74) is 5.87. The highest BCUT2D eigenvalue weighted by Gasteiger charge is 2.59. The minimum Gasteiger partial charge on any atom is -0.390 e. The SMILES string of the molecule is C=CC1(N)C2CC3CC1CC(O)(C3)C2. The van der Waals surface area contributed by atoms with Crippen LogP contribution in [0.25, 0.3) is 0 Å². The van der Waals surface area contributed by atoms with Gasteiger partial charge in [-0.1, -0.05) is 6.08 Å². The maximum absolute atomic E-state index is 10.3. The molecule has 4 aliphatic rings. The maximum Gasteiger partial charge on any atom is 0.0657 e. The van der Waals surface area contributed by atoms with Crippen molar-refractivity contribution in [2.45, 2.75) is 43.2 Å². The summed E-state index contributed by atoms with van der Waals surface area (Å²) in [6, 6.07) is 0. The van der Waals surface area contributed by atoms with E-state index in [1.807, 2.05) is 6.08 Å². The van der Waals surface area contributed by atoms with E-state index in [1.54, 1.807) is 0 Å². The second kappa shape index (κ2) is 2.42. The third-order valence-corrected chi connectivity index (χ3v) is 4.92. The van der Waals surface area contributed by atoms with E-state index in [0.29, 0.717) is 11.8 Å². The maximum atomic E-state index is 10.3. The van der Waals surface area contributed by atoms with Crippen LogP contribution in [0.4, 0.5) is 0 Å². The van der Waals surface area contributed by atoms with Crippen molar-refractivity contribution in [3.63, 3.8) is 0 Å². The van der Waals surface area contributed by atoms with Crippen LogP contribution in [0.5, 0.6) is 0 Å². The van der Waals surface area contributed by atoms with Gasteiger partial charge < -0.3 is 10.8 Å². The molecule has 0 spiro atoms. The van der Waals surface area contributed by atoms with Gasteiger partial charge in [0.1, 0.15) is 0 Å². The summed E-state index contributed by atoms with van der Waals surface area (Å²) in [5.74, 6) is 1.70. The lowest BCUT2D eigenvalue weighted by molar-refractivity contribution is -0.149. The van der Waals surface area contributed by atoms with Gasteiger partial charge in [0.25, 0.3) is 0 Å². The van der Waals surface area contributed by atoms with Gasteiger partial charge in [0, 0.05) is 5.54 Å². The molecule has 14 heavy (non-hydrogen) atoms. The smallest absolute Gasteiger partial charge is 0.0657 e. The zero-order chi connectivity index (χ0) is 9.97. The summed E-state index contributed by atoms with van der Waals surface area (Å²) in [6.07, 6.45) is 7.20. The van der Waals surface area contributed by atoms with Crippen LogP contribution in [0.15, 0.2) is 12.7 Å². The van der Waals surface area contributed by atoms with Crippen LogP contribution < -0.4 is 5.73 Å². The predicted octanol–water partition coefficient (Wildman–Crippen LogP) is 1.44. The van der Waals surface area contributed by atoms with E-state index < -0.39 is 0 Å². The topological polar surface area (TPSA) is 46.2 Å². The first-order chi connectivity index (χ1) is 6.56. The molecule has 0 aliphatic heterocycles. The number of hydrogen-bond donors (Lipinski definition) is 2. The molecule has 4 aliphatic carbocycles. The second-order valence-corrected chi connectivity index (χ2v) is 5.77. The Bertz CT molecular complexity index is 270. The number of aliphatic hydroxyl groups is 1. The molecule has 4 saturated carbocycles. The molecule has 2 heteroatoms. The van der Waals surface area contributed by atoms with Crippen molar-refractivity contribution in [3.8, 4) is 0 Å². The van der Waals surface area contributed by atoms with Gasteiger partial charge >= 0.3 is 0 Å². The van der Waals surface area contributed by atoms with Gasteiger partial charge in [-0.3, -0.25) is 0 Å². The van der Waals surface area contributed by atoms with E-state index in [9.17, 15) is 5.11 Å². The zero-order valence-corrected chi connectivity index (χ0v) is 8.58. The van der Waals surface area contributed by atoms with Gasteiger partial charge in [-0.15, -0.1) is 6.58 Å². The van der Waals surface area contributed by atoms with Gasteiger partial charge in [0.05, 0.1) is 5.60 Å². The van der Waals surface area contributed by atoms with Crippen LogP contribution >= 0.6 is 0 Å². The molecule has 78 valence electrons. The van der Waals surface area contributed by atoms with Crippen molar-refractivity contribution in [3.05, 3.63) is 12.7 Å². The van der Waals surface area contributed by atoms with Gasteiger partial charge in [0.2, 0.25) is 0 Å². The molecule has 0 aromatic carbocycles. The molecule has 0 aromatic rings. The summed E-state index contributed by atoms with van der Waals surface area (Å²) in [7, 11) is 0. The van der Waals surface area contributed by atoms with Crippen molar-refractivity contribution in [1.29, 1.82) is 0 Å². The van der Waals surface area contributed by atoms with Crippen molar-refractivity contribution in [2.24, 2.45) is 23.5 Å². The van der Waals surface area contributed by atoms with Crippen LogP contribution in [0.2, 0.25) is 0 Å². The standard InChI is InChI=1S/C12H19NO/c1-2-12(13)9-3-8-4-10(12)7-11(14,5-8)6-9/h2,8-10,14H,1,3-7,13H2. The lowest BCUT2D eigenvalue weighted by Gasteiger charge is -2.61. The molecule has 2 nitrogen and oxygen atoms in total. The molecule has 4 bridgehead atoms. The van der Waals surface area contributed by atoms with Crippen LogP contribution in [-0.2, 0) is 0 Å². The van der Waals surface area contributed by atoms with Gasteiger partial charge in [-0.25, -0.2) is 0 Å². The van der Waals surface area contributed by atoms with Crippen LogP contribution in [-0.4, -0.2) is 16.2 Å². The molecule has 0 saturated heterocycles. The Hall–Kier alpha value is -0.340. The van der Waals surface area contributed by atoms with Crippen LogP contribution in [0, 0.1) is 17.8 Å². The molecule has 0 radical (unpaired) electrons. The lowest BCUT2D eigenvalue weighted by atomic mass is 9.47. The summed E-state index contributed by atoms with van der Waals surface area (Å²) in [4.78, 5) is 0. The number of nitrogens with two attached hydrogens (primary N) is 1. The fourth-order valence-corrected chi connectivity index (χ4v) is 4.37. The van der Waals surface area contributed by atoms with Crippen molar-refractivity contribution in [2.75, 3.05) is 0 Å². The van der Waals surface area contributed by atoms with Crippen molar-refractivity contribution >= 4 is 0 Å². The summed E-state index contributed by atoms with van der Waals surface area (Å²) >= 11 is 0. The Morgan fingerprint density at radius 2 is 1.79 bits per heavy atom. The monoisotopic (exact) mass is 193 g/mol. The number of hydrogen-bond acceptors (Lipinski definition) is 2. The Labute approximate surface area is 85.2 Å². The highest BCUT2D eigenvalue weighted by Crippen LogP contribution is 2.59. The Balaban J connectivity index is 2.00. The normalized spacial score (nSPS) is 60.3. The molecular weight excluding hydrogens is 174 g/mol. The Morgan fingerprint density at radius 3 is 2.21 bits per heavy atom. The minimum atomic E-state index is -0.373. The van der Waals surface area contributed by atoms with Crippen molar-refractivity contribution in [1.82, 2.24) is 0 Å². The largest absolute Gasteiger partial charge is 0.390 e. The average molecular weight is 193 g/mol. The first-order valence-electron chi connectivity index (χ1n) is 5.70. The minimum absolute atomic E-state index is 0.177. The Kier molecular flexibility index (Phi) is 1.54. The van der Waals surface area contributed by atoms with Gasteiger partial charge in [0.15, 0.2) is 0 Å². The molecule has 4 fully saturated rings. The third-order valence-electron chi connectivity index (χ3n) is 4.92. The first-order valence-corrected chi connectivity index (χ1v) is 5.70. The number of rotatable bonds is 1. The predicted molar refractivity (Wildman–Crippen MR) is 55.6 cm³/mol. The van der Waals surface area contributed by atoms with E-state index in [0.717, 1.165) is 25.2 Å². The van der Waals surface area contributed by atoms with Gasteiger partial charge in [-0.05, 0) is 49.9 Å². The fraction of sp³-hybridized carbons (Fsp3) is 0.833. The molecule has 0 amide bonds. The molecule has 0 heterocycles. The summed E-state index contributed by atoms with van der Waals surface area (Å²) in [6.45, 7) is 3.89. The lowest BCUT2D eigenvalue weighted by Crippen LogP contribution is -2.66. The molecule has 2 unspecified atom stereocenters. The summed E-state index contributed by atoms with van der Waals surface area (Å²) < 4.78 is 0. The third kappa shape index (κ3) is 0.934. The zero-order valence-electron chi connectivity index (χ0n) is 8.58. The molecular formula is C12H19NO. The van der Waals surface area contributed by atoms with E-state index in [4.69, 9.17) is 5.73 Å². The van der Waals surface area contributed by atoms with E-state index >= 15 is 0 Å². The molecule has 0 aromatic heterocycles. The quantitative estimate of drug-likeness (QED) is 0.619. The molecule has 4 rings (SSSR count). The average Bonchev–Trinajstić information content (AvgIpc) is 2.11. The van der Waals surface area contributed by atoms with Crippen LogP contribution in [0.3, 0.4) is 0 Å². The van der Waals surface area contributed by atoms with Crippen molar-refractivity contribution < 1.29 is 5.11 Å². The first kappa shape index (κ1) is 8.93. The Morgan fingerprint density at radius 1 is 1.21 bits per heavy atom. The highest BCUT2D eigenvalue weighted by molar-refractivity contribution is 5.20. The molecule has 3 N–H and O–H groups in total. The van der Waals surface area contributed by atoms with Crippen LogP contribution in [0.1, 0.15) is 32.1 Å².